The van der Waals surface area contributed by atoms with E-state index in [1.165, 1.54) is 6.08 Å². The van der Waals surface area contributed by atoms with Crippen LogP contribution in [-0.2, 0) is 20.6 Å². The van der Waals surface area contributed by atoms with Crippen molar-refractivity contribution in [2.45, 2.75) is 32.4 Å². The van der Waals surface area contributed by atoms with E-state index >= 15 is 0 Å². The quantitative estimate of drug-likeness (QED) is 0.460. The normalized spacial score (nSPS) is 11.1. The topological polar surface area (TPSA) is 92.3 Å². The number of anilines is 1. The summed E-state index contributed by atoms with van der Waals surface area (Å²) in [7, 11) is -3.43. The molecule has 2 aromatic rings. The van der Waals surface area contributed by atoms with E-state index in [0.717, 1.165) is 11.1 Å². The second-order valence-electron chi connectivity index (χ2n) is 6.88. The van der Waals surface area contributed by atoms with Crippen LogP contribution in [0.15, 0.2) is 55.1 Å². The molecule has 6 nitrogen and oxygen atoms in total. The first-order valence-electron chi connectivity index (χ1n) is 9.27. The van der Waals surface area contributed by atoms with Gasteiger partial charge in [0, 0.05) is 30.6 Å². The van der Waals surface area contributed by atoms with Crippen molar-refractivity contribution in [1.29, 1.82) is 0 Å². The standard InChI is InChI=1S/C22H26N2O4S/c1-4-13-23-29(27,28)15-18-7-9-19(10-8-18)24-22(26)12-11-21(25)20-14-16(2)5-6-17(20)3/h4-10,14,23H,1,11-13,15H2,2-3H3,(H,24,26). The lowest BCUT2D eigenvalue weighted by Crippen LogP contribution is -2.25. The van der Waals surface area contributed by atoms with Crippen LogP contribution in [0.5, 0.6) is 0 Å². The van der Waals surface area contributed by atoms with E-state index in [4.69, 9.17) is 0 Å². The number of nitrogens with one attached hydrogen (secondary N) is 2. The number of carbonyl (C=O) groups excluding carboxylic acids is 2. The highest BCUT2D eigenvalue weighted by molar-refractivity contribution is 7.88. The Labute approximate surface area is 172 Å². The van der Waals surface area contributed by atoms with Gasteiger partial charge in [0.1, 0.15) is 0 Å². The van der Waals surface area contributed by atoms with Crippen LogP contribution < -0.4 is 10.0 Å². The molecular formula is C22H26N2O4S. The van der Waals surface area contributed by atoms with E-state index in [-0.39, 0.29) is 36.8 Å². The van der Waals surface area contributed by atoms with Gasteiger partial charge in [-0.1, -0.05) is 35.9 Å². The predicted molar refractivity (Wildman–Crippen MR) is 115 cm³/mol. The van der Waals surface area contributed by atoms with Gasteiger partial charge in [-0.15, -0.1) is 6.58 Å². The summed E-state index contributed by atoms with van der Waals surface area (Å²) in [6.45, 7) is 7.45. The number of hydrogen-bond acceptors (Lipinski definition) is 4. The monoisotopic (exact) mass is 414 g/mol. The minimum Gasteiger partial charge on any atom is -0.326 e. The number of sulfonamides is 1. The highest BCUT2D eigenvalue weighted by atomic mass is 32.2. The molecule has 2 N–H and O–H groups in total. The van der Waals surface area contributed by atoms with Crippen molar-refractivity contribution >= 4 is 27.4 Å². The molecule has 0 saturated heterocycles. The molecule has 0 saturated carbocycles. The van der Waals surface area contributed by atoms with Gasteiger partial charge in [-0.05, 0) is 43.2 Å². The van der Waals surface area contributed by atoms with Crippen molar-refractivity contribution < 1.29 is 18.0 Å². The summed E-state index contributed by atoms with van der Waals surface area (Å²) in [5, 5.41) is 2.73. The molecule has 0 unspecified atom stereocenters. The van der Waals surface area contributed by atoms with E-state index in [9.17, 15) is 18.0 Å². The second-order valence-corrected chi connectivity index (χ2v) is 8.69. The summed E-state index contributed by atoms with van der Waals surface area (Å²) in [4.78, 5) is 24.5. The van der Waals surface area contributed by atoms with Gasteiger partial charge in [-0.25, -0.2) is 13.1 Å². The van der Waals surface area contributed by atoms with Crippen LogP contribution in [0.1, 0.15) is 39.9 Å². The van der Waals surface area contributed by atoms with Gasteiger partial charge in [0.05, 0.1) is 5.75 Å². The molecule has 0 aliphatic carbocycles. The summed E-state index contributed by atoms with van der Waals surface area (Å²) in [6, 6.07) is 12.3. The van der Waals surface area contributed by atoms with Crippen LogP contribution in [-0.4, -0.2) is 26.7 Å². The summed E-state index contributed by atoms with van der Waals surface area (Å²) >= 11 is 0. The van der Waals surface area contributed by atoms with Crippen molar-refractivity contribution in [3.05, 3.63) is 77.4 Å². The highest BCUT2D eigenvalue weighted by Crippen LogP contribution is 2.15. The lowest BCUT2D eigenvalue weighted by molar-refractivity contribution is -0.116. The maximum atomic E-state index is 12.4. The first-order valence-corrected chi connectivity index (χ1v) is 10.9. The fourth-order valence-corrected chi connectivity index (χ4v) is 3.87. The molecule has 154 valence electrons. The first-order chi connectivity index (χ1) is 13.7. The number of Topliss-reactive ketones (excluding diaryl/α,β-unsaturated/α-hetero) is 1. The van der Waals surface area contributed by atoms with Crippen molar-refractivity contribution in [2.24, 2.45) is 0 Å². The first kappa shape index (κ1) is 22.5. The maximum Gasteiger partial charge on any atom is 0.224 e. The number of benzene rings is 2. The fourth-order valence-electron chi connectivity index (χ4n) is 2.76. The minimum atomic E-state index is -3.43. The Hall–Kier alpha value is -2.77. The number of aryl methyl sites for hydroxylation is 2. The molecule has 2 rings (SSSR count). The Morgan fingerprint density at radius 1 is 1.03 bits per heavy atom. The maximum absolute atomic E-state index is 12.4. The van der Waals surface area contributed by atoms with Crippen LogP contribution in [0.4, 0.5) is 5.69 Å². The largest absolute Gasteiger partial charge is 0.326 e. The van der Waals surface area contributed by atoms with Gasteiger partial charge in [0.15, 0.2) is 5.78 Å². The Kier molecular flexibility index (Phi) is 7.87. The summed E-state index contributed by atoms with van der Waals surface area (Å²) in [5.41, 5.74) is 3.70. The third-order valence-corrected chi connectivity index (χ3v) is 5.63. The van der Waals surface area contributed by atoms with Gasteiger partial charge < -0.3 is 5.32 Å². The molecule has 0 fully saturated rings. The molecule has 0 atom stereocenters. The van der Waals surface area contributed by atoms with E-state index in [2.05, 4.69) is 16.6 Å². The molecule has 0 aromatic heterocycles. The Morgan fingerprint density at radius 3 is 2.38 bits per heavy atom. The molecule has 2 aromatic carbocycles. The van der Waals surface area contributed by atoms with Crippen LogP contribution in [0, 0.1) is 13.8 Å². The van der Waals surface area contributed by atoms with Gasteiger partial charge in [-0.2, -0.15) is 0 Å². The van der Waals surface area contributed by atoms with E-state index in [0.29, 0.717) is 16.8 Å². The van der Waals surface area contributed by atoms with Crippen molar-refractivity contribution in [3.63, 3.8) is 0 Å². The van der Waals surface area contributed by atoms with Gasteiger partial charge in [0.25, 0.3) is 0 Å². The van der Waals surface area contributed by atoms with Crippen molar-refractivity contribution in [3.8, 4) is 0 Å². The summed E-state index contributed by atoms with van der Waals surface area (Å²) in [5.74, 6) is -0.482. The van der Waals surface area contributed by atoms with Crippen LogP contribution in [0.2, 0.25) is 0 Å². The molecular weight excluding hydrogens is 388 g/mol. The molecule has 0 aliphatic rings. The Bertz CT molecular complexity index is 996. The average Bonchev–Trinajstić information content (AvgIpc) is 2.67. The lowest BCUT2D eigenvalue weighted by Gasteiger charge is -2.09. The zero-order valence-corrected chi connectivity index (χ0v) is 17.5. The summed E-state index contributed by atoms with van der Waals surface area (Å²) in [6.07, 6.45) is 1.68. The summed E-state index contributed by atoms with van der Waals surface area (Å²) < 4.78 is 26.1. The third-order valence-electron chi connectivity index (χ3n) is 4.31. The Balaban J connectivity index is 1.88. The van der Waals surface area contributed by atoms with Crippen LogP contribution in [0.3, 0.4) is 0 Å². The lowest BCUT2D eigenvalue weighted by atomic mass is 9.99. The van der Waals surface area contributed by atoms with Crippen LogP contribution in [0.25, 0.3) is 0 Å². The smallest absolute Gasteiger partial charge is 0.224 e. The number of hydrogen-bond donors (Lipinski definition) is 2. The number of amides is 1. The van der Waals surface area contributed by atoms with Crippen LogP contribution >= 0.6 is 0 Å². The van der Waals surface area contributed by atoms with E-state index in [1.807, 2.05) is 32.0 Å². The second kappa shape index (κ2) is 10.1. The SMILES string of the molecule is C=CCNS(=O)(=O)Cc1ccc(NC(=O)CCC(=O)c2cc(C)ccc2C)cc1. The predicted octanol–water partition coefficient (Wildman–Crippen LogP) is 3.51. The molecule has 0 bridgehead atoms. The fraction of sp³-hybridized carbons (Fsp3) is 0.273. The molecule has 29 heavy (non-hydrogen) atoms. The number of ketones is 1. The molecule has 0 heterocycles. The number of rotatable bonds is 10. The van der Waals surface area contributed by atoms with Gasteiger partial charge in [0.2, 0.25) is 15.9 Å². The third kappa shape index (κ3) is 7.29. The van der Waals surface area contributed by atoms with E-state index < -0.39 is 10.0 Å². The van der Waals surface area contributed by atoms with Crippen molar-refractivity contribution in [1.82, 2.24) is 4.72 Å². The highest BCUT2D eigenvalue weighted by Gasteiger charge is 2.13. The Morgan fingerprint density at radius 2 is 1.72 bits per heavy atom. The number of carbonyl (C=O) groups is 2. The van der Waals surface area contributed by atoms with Crippen molar-refractivity contribution in [2.75, 3.05) is 11.9 Å². The molecule has 0 radical (unpaired) electrons. The van der Waals surface area contributed by atoms with Gasteiger partial charge >= 0.3 is 0 Å². The zero-order chi connectivity index (χ0) is 21.4. The van der Waals surface area contributed by atoms with Gasteiger partial charge in [-0.3, -0.25) is 9.59 Å². The molecule has 0 spiro atoms. The average molecular weight is 415 g/mol. The molecule has 1 amide bonds. The molecule has 7 heteroatoms. The minimum absolute atomic E-state index is 0.0612. The van der Waals surface area contributed by atoms with E-state index in [1.54, 1.807) is 24.3 Å². The molecule has 0 aliphatic heterocycles. The zero-order valence-electron chi connectivity index (χ0n) is 16.7.